The van der Waals surface area contributed by atoms with Crippen molar-refractivity contribution < 1.29 is 9.26 Å². The van der Waals surface area contributed by atoms with E-state index in [9.17, 15) is 9.59 Å². The summed E-state index contributed by atoms with van der Waals surface area (Å²) < 4.78 is 12.3. The second kappa shape index (κ2) is 13.7. The van der Waals surface area contributed by atoms with Crippen molar-refractivity contribution in [2.75, 3.05) is 0 Å². The van der Waals surface area contributed by atoms with E-state index in [4.69, 9.17) is 14.2 Å². The third kappa shape index (κ3) is 7.05. The van der Waals surface area contributed by atoms with Crippen LogP contribution in [0.3, 0.4) is 0 Å². The summed E-state index contributed by atoms with van der Waals surface area (Å²) in [5.41, 5.74) is 5.69. The summed E-state index contributed by atoms with van der Waals surface area (Å²) in [6, 6.07) is 23.3. The van der Waals surface area contributed by atoms with Crippen LogP contribution in [0.15, 0.2) is 86.9 Å². The standard InChI is InChI=1S/C32H32N4O4.K.H/c1-5-8-28-33-21(4)29(24-15-17-25(18-16-24)39-20(2)3)31(37)36(28)19-22-11-13-23(14-12-22)26-9-6-7-10-27(26)30-34-32(38)40-35-30;;/h6-7,9-18,20H,5,8,19H2,1-4H3,(H,34,35,38);;. The summed E-state index contributed by atoms with van der Waals surface area (Å²) in [7, 11) is 0. The predicted molar refractivity (Wildman–Crippen MR) is 163 cm³/mol. The fraction of sp³-hybridized carbons (Fsp3) is 0.250. The van der Waals surface area contributed by atoms with Crippen molar-refractivity contribution in [2.24, 2.45) is 0 Å². The summed E-state index contributed by atoms with van der Waals surface area (Å²) in [4.78, 5) is 32.9. The summed E-state index contributed by atoms with van der Waals surface area (Å²) in [6.45, 7) is 8.35. The zero-order valence-electron chi connectivity index (χ0n) is 23.1. The topological polar surface area (TPSA) is 103 Å². The van der Waals surface area contributed by atoms with E-state index in [0.29, 0.717) is 24.4 Å². The molecule has 3 aromatic carbocycles. The maximum absolute atomic E-state index is 13.9. The summed E-state index contributed by atoms with van der Waals surface area (Å²) in [5, 5.41) is 3.84. The Morgan fingerprint density at radius 3 is 2.20 bits per heavy atom. The van der Waals surface area contributed by atoms with Crippen LogP contribution in [-0.4, -0.2) is 77.2 Å². The first-order valence-corrected chi connectivity index (χ1v) is 13.5. The molecule has 0 aliphatic rings. The van der Waals surface area contributed by atoms with Gasteiger partial charge in [-0.25, -0.2) is 9.78 Å². The number of hydrogen-bond donors (Lipinski definition) is 1. The van der Waals surface area contributed by atoms with E-state index < -0.39 is 5.76 Å². The number of aryl methyl sites for hydroxylation is 2. The molecule has 0 atom stereocenters. The molecule has 0 spiro atoms. The molecule has 0 fully saturated rings. The second-order valence-electron chi connectivity index (χ2n) is 10.0. The monoisotopic (exact) mass is 576 g/mol. The van der Waals surface area contributed by atoms with Gasteiger partial charge in [0.1, 0.15) is 11.6 Å². The Balaban J connectivity index is 0.00000387. The average molecular weight is 577 g/mol. The number of H-pyrrole nitrogens is 1. The van der Waals surface area contributed by atoms with Crippen LogP contribution in [0.2, 0.25) is 0 Å². The molecule has 41 heavy (non-hydrogen) atoms. The third-order valence-corrected chi connectivity index (χ3v) is 6.65. The first-order valence-electron chi connectivity index (χ1n) is 13.5. The van der Waals surface area contributed by atoms with Crippen molar-refractivity contribution >= 4 is 51.4 Å². The van der Waals surface area contributed by atoms with E-state index in [0.717, 1.165) is 51.5 Å². The van der Waals surface area contributed by atoms with E-state index in [1.165, 1.54) is 0 Å². The molecule has 1 N–H and O–H groups in total. The van der Waals surface area contributed by atoms with Gasteiger partial charge in [0.25, 0.3) is 5.56 Å². The van der Waals surface area contributed by atoms with E-state index in [2.05, 4.69) is 17.1 Å². The van der Waals surface area contributed by atoms with Crippen LogP contribution in [0.1, 0.15) is 44.3 Å². The number of aromatic amines is 1. The Labute approximate surface area is 281 Å². The Morgan fingerprint density at radius 2 is 1.59 bits per heavy atom. The normalized spacial score (nSPS) is 11.0. The van der Waals surface area contributed by atoms with Gasteiger partial charge < -0.3 is 4.74 Å². The molecule has 8 nitrogen and oxygen atoms in total. The molecule has 2 aromatic heterocycles. The summed E-state index contributed by atoms with van der Waals surface area (Å²) in [6.07, 6.45) is 1.66. The summed E-state index contributed by atoms with van der Waals surface area (Å²) in [5.74, 6) is 1.32. The minimum atomic E-state index is -0.598. The van der Waals surface area contributed by atoms with Crippen LogP contribution in [-0.2, 0) is 13.0 Å². The van der Waals surface area contributed by atoms with Crippen molar-refractivity contribution in [3.05, 3.63) is 111 Å². The number of aromatic nitrogens is 4. The Morgan fingerprint density at radius 1 is 0.927 bits per heavy atom. The fourth-order valence-electron chi connectivity index (χ4n) is 4.86. The van der Waals surface area contributed by atoms with Gasteiger partial charge in [0.05, 0.1) is 23.9 Å². The van der Waals surface area contributed by atoms with Crippen LogP contribution in [0.5, 0.6) is 5.75 Å². The number of benzene rings is 3. The van der Waals surface area contributed by atoms with Gasteiger partial charge in [-0.2, -0.15) is 0 Å². The zero-order chi connectivity index (χ0) is 28.2. The fourth-order valence-corrected chi connectivity index (χ4v) is 4.86. The van der Waals surface area contributed by atoms with Crippen LogP contribution >= 0.6 is 0 Å². The van der Waals surface area contributed by atoms with Crippen molar-refractivity contribution in [3.8, 4) is 39.4 Å². The van der Waals surface area contributed by atoms with Gasteiger partial charge in [0.2, 0.25) is 0 Å². The SMILES string of the molecule is CCCc1nc(C)c(-c2ccc(OC(C)C)cc2)c(=O)n1Cc1ccc(-c2ccccc2-c2noc(=O)[nH]2)cc1.[KH]. The van der Waals surface area contributed by atoms with Crippen LogP contribution in [0, 0.1) is 6.92 Å². The number of ether oxygens (including phenoxy) is 1. The van der Waals surface area contributed by atoms with Gasteiger partial charge in [-0.3, -0.25) is 18.9 Å². The van der Waals surface area contributed by atoms with Crippen molar-refractivity contribution in [3.63, 3.8) is 0 Å². The van der Waals surface area contributed by atoms with Gasteiger partial charge in [-0.1, -0.05) is 72.7 Å². The first kappa shape index (κ1) is 30.9. The molecule has 0 bridgehead atoms. The molecular weight excluding hydrogens is 543 g/mol. The second-order valence-corrected chi connectivity index (χ2v) is 10.0. The molecule has 206 valence electrons. The summed E-state index contributed by atoms with van der Waals surface area (Å²) >= 11 is 0. The zero-order valence-corrected chi connectivity index (χ0v) is 23.1. The molecule has 0 unspecified atom stereocenters. The van der Waals surface area contributed by atoms with Gasteiger partial charge in [0.15, 0.2) is 5.82 Å². The molecule has 0 saturated carbocycles. The van der Waals surface area contributed by atoms with E-state index in [1.54, 1.807) is 4.57 Å². The molecule has 5 rings (SSSR count). The average Bonchev–Trinajstić information content (AvgIpc) is 3.38. The Bertz CT molecular complexity index is 1740. The van der Waals surface area contributed by atoms with Gasteiger partial charge in [-0.15, -0.1) is 0 Å². The van der Waals surface area contributed by atoms with Gasteiger partial charge in [0, 0.05) is 12.0 Å². The van der Waals surface area contributed by atoms with Gasteiger partial charge >= 0.3 is 57.1 Å². The Kier molecular flexibility index (Phi) is 10.3. The van der Waals surface area contributed by atoms with Crippen molar-refractivity contribution in [1.82, 2.24) is 19.7 Å². The number of nitrogens with zero attached hydrogens (tertiary/aromatic N) is 3. The van der Waals surface area contributed by atoms with E-state index >= 15 is 0 Å². The molecule has 9 heteroatoms. The molecular formula is C32H33KN4O4. The van der Waals surface area contributed by atoms with E-state index in [-0.39, 0.29) is 63.0 Å². The van der Waals surface area contributed by atoms with Crippen LogP contribution in [0.4, 0.5) is 0 Å². The maximum atomic E-state index is 13.9. The molecule has 5 aromatic rings. The quantitative estimate of drug-likeness (QED) is 0.237. The van der Waals surface area contributed by atoms with E-state index in [1.807, 2.05) is 93.6 Å². The number of nitrogens with one attached hydrogen (secondary N) is 1. The van der Waals surface area contributed by atoms with Crippen LogP contribution < -0.4 is 16.1 Å². The minimum absolute atomic E-state index is 0. The van der Waals surface area contributed by atoms with Crippen molar-refractivity contribution in [2.45, 2.75) is 53.2 Å². The predicted octanol–water partition coefficient (Wildman–Crippen LogP) is 5.37. The molecule has 0 aliphatic carbocycles. The number of hydrogen-bond acceptors (Lipinski definition) is 6. The molecule has 0 amide bonds. The molecule has 0 aliphatic heterocycles. The third-order valence-electron chi connectivity index (χ3n) is 6.65. The molecule has 0 saturated heterocycles. The number of rotatable bonds is 9. The Hall–Kier alpha value is -3.08. The molecule has 2 heterocycles. The van der Waals surface area contributed by atoms with Gasteiger partial charge in [-0.05, 0) is 61.6 Å². The molecule has 0 radical (unpaired) electrons. The van der Waals surface area contributed by atoms with Crippen molar-refractivity contribution in [1.29, 1.82) is 0 Å². The van der Waals surface area contributed by atoms with Crippen LogP contribution in [0.25, 0.3) is 33.6 Å². The first-order chi connectivity index (χ1) is 19.3.